The summed E-state index contributed by atoms with van der Waals surface area (Å²) in [6.07, 6.45) is 0.694. The molecule has 0 fully saturated rings. The van der Waals surface area contributed by atoms with Crippen molar-refractivity contribution in [3.63, 3.8) is 0 Å². The molecular weight excluding hydrogens is 405 g/mol. The van der Waals surface area contributed by atoms with E-state index in [4.69, 9.17) is 9.26 Å². The van der Waals surface area contributed by atoms with Crippen LogP contribution in [0.15, 0.2) is 44.4 Å². The summed E-state index contributed by atoms with van der Waals surface area (Å²) in [6, 6.07) is 7.30. The highest BCUT2D eigenvalue weighted by atomic mass is 32.2. The number of hydrogen-bond donors (Lipinski definition) is 1. The average molecular weight is 426 g/mol. The van der Waals surface area contributed by atoms with E-state index in [9.17, 15) is 12.8 Å². The molecule has 10 heteroatoms. The van der Waals surface area contributed by atoms with Gasteiger partial charge in [0.15, 0.2) is 0 Å². The molecule has 7 nitrogen and oxygen atoms in total. The molecule has 0 bridgehead atoms. The number of sulfonamides is 1. The highest BCUT2D eigenvalue weighted by Crippen LogP contribution is 2.29. The Morgan fingerprint density at radius 3 is 2.86 bits per heavy atom. The van der Waals surface area contributed by atoms with Gasteiger partial charge in [-0.05, 0) is 38.5 Å². The molecule has 1 N–H and O–H groups in total. The first kappa shape index (κ1) is 20.6. The third kappa shape index (κ3) is 5.22. The number of nitrogens with one attached hydrogen (secondary N) is 1. The van der Waals surface area contributed by atoms with Crippen LogP contribution >= 0.6 is 11.3 Å². The third-order valence-corrected chi connectivity index (χ3v) is 6.56. The molecule has 3 aromatic rings. The van der Waals surface area contributed by atoms with E-state index in [1.807, 2.05) is 13.8 Å². The van der Waals surface area contributed by atoms with E-state index in [1.165, 1.54) is 18.2 Å². The molecule has 0 aliphatic heterocycles. The Bertz CT molecular complexity index is 1030. The van der Waals surface area contributed by atoms with E-state index < -0.39 is 15.8 Å². The first-order valence-corrected chi connectivity index (χ1v) is 11.0. The van der Waals surface area contributed by atoms with Crippen LogP contribution in [0.25, 0.3) is 22.8 Å². The Balaban J connectivity index is 1.67. The molecule has 0 radical (unpaired) electrons. The van der Waals surface area contributed by atoms with Crippen molar-refractivity contribution in [2.24, 2.45) is 0 Å². The summed E-state index contributed by atoms with van der Waals surface area (Å²) in [5.41, 5.74) is 0.965. The minimum atomic E-state index is -3.63. The van der Waals surface area contributed by atoms with Crippen LogP contribution in [-0.2, 0) is 14.8 Å². The summed E-state index contributed by atoms with van der Waals surface area (Å²) < 4.78 is 51.4. The predicted molar refractivity (Wildman–Crippen MR) is 104 cm³/mol. The van der Waals surface area contributed by atoms with Gasteiger partial charge < -0.3 is 9.26 Å². The third-order valence-electron chi connectivity index (χ3n) is 3.66. The van der Waals surface area contributed by atoms with Gasteiger partial charge in [0.05, 0.1) is 11.7 Å². The van der Waals surface area contributed by atoms with Gasteiger partial charge in [-0.2, -0.15) is 4.98 Å². The second-order valence-electron chi connectivity index (χ2n) is 6.26. The predicted octanol–water partition coefficient (Wildman–Crippen LogP) is 3.70. The summed E-state index contributed by atoms with van der Waals surface area (Å²) in [5, 5.41) is 5.46. The number of nitrogens with zero attached hydrogens (tertiary/aromatic N) is 2. The summed E-state index contributed by atoms with van der Waals surface area (Å²) in [7, 11) is -3.63. The molecule has 28 heavy (non-hydrogen) atoms. The van der Waals surface area contributed by atoms with Crippen LogP contribution in [0.3, 0.4) is 0 Å². The number of benzene rings is 1. The van der Waals surface area contributed by atoms with Crippen molar-refractivity contribution >= 4 is 21.4 Å². The van der Waals surface area contributed by atoms with E-state index in [1.54, 1.807) is 17.5 Å². The maximum atomic E-state index is 13.3. The number of ether oxygens (including phenoxy) is 1. The lowest BCUT2D eigenvalue weighted by Gasteiger charge is -2.07. The van der Waals surface area contributed by atoms with Gasteiger partial charge in [-0.25, -0.2) is 17.5 Å². The molecule has 1 aromatic carbocycles. The largest absolute Gasteiger partial charge is 0.379 e. The molecule has 0 saturated heterocycles. The van der Waals surface area contributed by atoms with Gasteiger partial charge in [0, 0.05) is 24.1 Å². The maximum Gasteiger partial charge on any atom is 0.259 e. The highest BCUT2D eigenvalue weighted by Gasteiger charge is 2.19. The van der Waals surface area contributed by atoms with Gasteiger partial charge in [0.25, 0.3) is 5.89 Å². The molecule has 0 saturated carbocycles. The zero-order chi connectivity index (χ0) is 20.1. The van der Waals surface area contributed by atoms with E-state index in [-0.39, 0.29) is 28.6 Å². The Labute approximate surface area is 166 Å². The monoisotopic (exact) mass is 425 g/mol. The lowest BCUT2D eigenvalue weighted by atomic mass is 10.2. The SMILES string of the molecule is CC(C)OCCCNS(=O)(=O)c1cc(-c2nc(-c3cccc(F)c3)no2)cs1. The van der Waals surface area contributed by atoms with Crippen LogP contribution in [0.4, 0.5) is 4.39 Å². The van der Waals surface area contributed by atoms with Crippen LogP contribution in [0, 0.1) is 5.82 Å². The molecule has 0 amide bonds. The molecule has 0 aliphatic carbocycles. The lowest BCUT2D eigenvalue weighted by molar-refractivity contribution is 0.0778. The second kappa shape index (κ2) is 8.91. The summed E-state index contributed by atoms with van der Waals surface area (Å²) >= 11 is 1.06. The van der Waals surface area contributed by atoms with Crippen LogP contribution in [-0.4, -0.2) is 37.8 Å². The Kier molecular flexibility index (Phi) is 6.55. The molecule has 0 aliphatic rings. The summed E-state index contributed by atoms with van der Waals surface area (Å²) in [6.45, 7) is 4.62. The molecular formula is C18H20FN3O4S2. The minimum Gasteiger partial charge on any atom is -0.379 e. The van der Waals surface area contributed by atoms with Crippen molar-refractivity contribution in [2.75, 3.05) is 13.2 Å². The van der Waals surface area contributed by atoms with Crippen molar-refractivity contribution in [2.45, 2.75) is 30.6 Å². The van der Waals surface area contributed by atoms with Crippen LogP contribution in [0.2, 0.25) is 0 Å². The van der Waals surface area contributed by atoms with Crippen LogP contribution in [0.5, 0.6) is 0 Å². The van der Waals surface area contributed by atoms with Crippen LogP contribution < -0.4 is 4.72 Å². The van der Waals surface area contributed by atoms with Crippen molar-refractivity contribution in [1.82, 2.24) is 14.9 Å². The number of halogens is 1. The fourth-order valence-corrected chi connectivity index (χ4v) is 4.60. The average Bonchev–Trinajstić information content (AvgIpc) is 3.31. The number of hydrogen-bond acceptors (Lipinski definition) is 7. The molecule has 0 atom stereocenters. The minimum absolute atomic E-state index is 0.114. The number of aromatic nitrogens is 2. The van der Waals surface area contributed by atoms with Gasteiger partial charge >= 0.3 is 0 Å². The van der Waals surface area contributed by atoms with E-state index in [2.05, 4.69) is 14.9 Å². The van der Waals surface area contributed by atoms with Crippen molar-refractivity contribution in [3.8, 4) is 22.8 Å². The van der Waals surface area contributed by atoms with Crippen molar-refractivity contribution < 1.29 is 22.1 Å². The molecule has 150 valence electrons. The fourth-order valence-electron chi connectivity index (χ4n) is 2.32. The van der Waals surface area contributed by atoms with E-state index >= 15 is 0 Å². The topological polar surface area (TPSA) is 94.3 Å². The lowest BCUT2D eigenvalue weighted by Crippen LogP contribution is -2.25. The standard InChI is InChI=1S/C18H20FN3O4S2/c1-12(2)25-8-4-7-20-28(23,24)16-10-14(11-27-16)18-21-17(22-26-18)13-5-3-6-15(19)9-13/h3,5-6,9-12,20H,4,7-8H2,1-2H3. The second-order valence-corrected chi connectivity index (χ2v) is 9.16. The van der Waals surface area contributed by atoms with Gasteiger partial charge in [-0.3, -0.25) is 0 Å². The number of thiophene rings is 1. The fraction of sp³-hybridized carbons (Fsp3) is 0.333. The first-order chi connectivity index (χ1) is 13.3. The quantitative estimate of drug-likeness (QED) is 0.526. The maximum absolute atomic E-state index is 13.3. The zero-order valence-electron chi connectivity index (χ0n) is 15.4. The van der Waals surface area contributed by atoms with Crippen molar-refractivity contribution in [1.29, 1.82) is 0 Å². The smallest absolute Gasteiger partial charge is 0.259 e. The highest BCUT2D eigenvalue weighted by molar-refractivity contribution is 7.91. The van der Waals surface area contributed by atoms with Gasteiger partial charge in [-0.1, -0.05) is 17.3 Å². The summed E-state index contributed by atoms with van der Waals surface area (Å²) in [4.78, 5) is 4.22. The Morgan fingerprint density at radius 1 is 1.29 bits per heavy atom. The van der Waals surface area contributed by atoms with Crippen LogP contribution in [0.1, 0.15) is 20.3 Å². The van der Waals surface area contributed by atoms with Gasteiger partial charge in [-0.15, -0.1) is 11.3 Å². The Hall–Kier alpha value is -2.14. The zero-order valence-corrected chi connectivity index (χ0v) is 17.0. The molecule has 2 heterocycles. The molecule has 0 unspecified atom stereocenters. The van der Waals surface area contributed by atoms with E-state index in [0.29, 0.717) is 24.2 Å². The van der Waals surface area contributed by atoms with E-state index in [0.717, 1.165) is 11.3 Å². The van der Waals surface area contributed by atoms with Gasteiger partial charge in [0.2, 0.25) is 15.8 Å². The molecule has 3 rings (SSSR count). The Morgan fingerprint density at radius 2 is 2.11 bits per heavy atom. The normalized spacial score (nSPS) is 12.0. The molecule has 2 aromatic heterocycles. The number of rotatable bonds is 9. The molecule has 0 spiro atoms. The first-order valence-electron chi connectivity index (χ1n) is 8.65. The summed E-state index contributed by atoms with van der Waals surface area (Å²) in [5.74, 6) is -0.00619. The van der Waals surface area contributed by atoms with Gasteiger partial charge in [0.1, 0.15) is 10.0 Å². The van der Waals surface area contributed by atoms with Crippen molar-refractivity contribution in [3.05, 3.63) is 41.5 Å².